The third kappa shape index (κ3) is 3.52. The molecule has 2 nitrogen and oxygen atoms in total. The van der Waals surface area contributed by atoms with E-state index in [0.29, 0.717) is 25.1 Å². The maximum absolute atomic E-state index is 12.9. The minimum absolute atomic E-state index is 0.347. The molecule has 0 atom stereocenters. The number of phenolic OH excluding ortho intramolecular Hbond substituents is 1. The zero-order chi connectivity index (χ0) is 12.0. The Balaban J connectivity index is 2.50. The van der Waals surface area contributed by atoms with E-state index in [0.717, 1.165) is 12.1 Å². The molecule has 0 radical (unpaired) electrons. The second-order valence-corrected chi connectivity index (χ2v) is 3.26. The summed E-state index contributed by atoms with van der Waals surface area (Å²) >= 11 is 0. The third-order valence-corrected chi connectivity index (χ3v) is 2.01. The van der Waals surface area contributed by atoms with Crippen LogP contribution >= 0.6 is 0 Å². The fourth-order valence-electron chi connectivity index (χ4n) is 1.23. The molecule has 0 heterocycles. The molecule has 0 fully saturated rings. The molecule has 1 aromatic carbocycles. The van der Waals surface area contributed by atoms with Crippen LogP contribution in [0.2, 0.25) is 0 Å². The van der Waals surface area contributed by atoms with Crippen LogP contribution in [0.15, 0.2) is 12.1 Å². The van der Waals surface area contributed by atoms with Crippen LogP contribution in [-0.4, -0.2) is 11.7 Å². The van der Waals surface area contributed by atoms with Crippen LogP contribution < -0.4 is 5.32 Å². The summed E-state index contributed by atoms with van der Waals surface area (Å²) in [6, 6.07) is 2.22. The lowest BCUT2D eigenvalue weighted by molar-refractivity contribution is 0.395. The molecule has 0 aromatic heterocycles. The first-order chi connectivity index (χ1) is 7.65. The van der Waals surface area contributed by atoms with Crippen molar-refractivity contribution in [2.45, 2.75) is 19.9 Å². The van der Waals surface area contributed by atoms with Gasteiger partial charge in [0.05, 0.1) is 0 Å². The van der Waals surface area contributed by atoms with Crippen molar-refractivity contribution in [1.29, 1.82) is 0 Å². The average molecular weight is 225 g/mol. The topological polar surface area (TPSA) is 32.3 Å². The fourth-order valence-corrected chi connectivity index (χ4v) is 1.23. The van der Waals surface area contributed by atoms with Gasteiger partial charge in [-0.15, -0.1) is 11.8 Å². The Morgan fingerprint density at radius 2 is 1.94 bits per heavy atom. The van der Waals surface area contributed by atoms with Crippen molar-refractivity contribution >= 4 is 0 Å². The molecule has 0 saturated carbocycles. The number of benzene rings is 1. The number of hydrogen-bond acceptors (Lipinski definition) is 2. The summed E-state index contributed by atoms with van der Waals surface area (Å²) in [6.07, 6.45) is 0.694. The second-order valence-electron chi connectivity index (χ2n) is 3.26. The molecule has 0 aliphatic rings. The zero-order valence-electron chi connectivity index (χ0n) is 8.98. The highest BCUT2D eigenvalue weighted by atomic mass is 19.1. The Kier molecular flexibility index (Phi) is 4.74. The lowest BCUT2D eigenvalue weighted by Crippen LogP contribution is -2.14. The Morgan fingerprint density at radius 1 is 1.31 bits per heavy atom. The number of rotatable bonds is 4. The largest absolute Gasteiger partial charge is 0.503 e. The summed E-state index contributed by atoms with van der Waals surface area (Å²) in [5.41, 5.74) is 0.456. The van der Waals surface area contributed by atoms with E-state index in [4.69, 9.17) is 5.11 Å². The van der Waals surface area contributed by atoms with E-state index < -0.39 is 17.4 Å². The van der Waals surface area contributed by atoms with Gasteiger partial charge in [-0.25, -0.2) is 8.78 Å². The first-order valence-electron chi connectivity index (χ1n) is 4.92. The number of phenols is 1. The normalized spacial score (nSPS) is 9.69. The molecule has 2 N–H and O–H groups in total. The predicted octanol–water partition coefficient (Wildman–Crippen LogP) is 2.17. The molecule has 0 unspecified atom stereocenters. The highest BCUT2D eigenvalue weighted by molar-refractivity contribution is 5.29. The Labute approximate surface area is 93.3 Å². The van der Waals surface area contributed by atoms with E-state index in [1.165, 1.54) is 0 Å². The SMILES string of the molecule is CC#CCCNCc1cc(F)c(O)c(F)c1. The van der Waals surface area contributed by atoms with E-state index in [9.17, 15) is 8.78 Å². The minimum atomic E-state index is -0.940. The summed E-state index contributed by atoms with van der Waals surface area (Å²) in [5, 5.41) is 11.9. The van der Waals surface area contributed by atoms with Gasteiger partial charge in [-0.1, -0.05) is 0 Å². The van der Waals surface area contributed by atoms with Crippen molar-refractivity contribution in [3.63, 3.8) is 0 Å². The van der Waals surface area contributed by atoms with Gasteiger partial charge in [0, 0.05) is 19.5 Å². The first kappa shape index (κ1) is 12.5. The lowest BCUT2D eigenvalue weighted by atomic mass is 10.2. The number of aromatic hydroxyl groups is 1. The molecule has 0 saturated heterocycles. The second kappa shape index (κ2) is 6.09. The maximum Gasteiger partial charge on any atom is 0.187 e. The van der Waals surface area contributed by atoms with Crippen LogP contribution in [-0.2, 0) is 6.54 Å². The van der Waals surface area contributed by atoms with Crippen LogP contribution in [0.3, 0.4) is 0 Å². The molecule has 16 heavy (non-hydrogen) atoms. The van der Waals surface area contributed by atoms with Gasteiger partial charge in [0.1, 0.15) is 0 Å². The molecule has 86 valence electrons. The van der Waals surface area contributed by atoms with Gasteiger partial charge < -0.3 is 10.4 Å². The maximum atomic E-state index is 12.9. The van der Waals surface area contributed by atoms with Crippen molar-refractivity contribution in [3.8, 4) is 17.6 Å². The quantitative estimate of drug-likeness (QED) is 0.608. The number of hydrogen-bond donors (Lipinski definition) is 2. The van der Waals surface area contributed by atoms with E-state index in [2.05, 4.69) is 17.2 Å². The molecule has 0 aliphatic carbocycles. The standard InChI is InChI=1S/C12H13F2NO/c1-2-3-4-5-15-8-9-6-10(13)12(16)11(14)7-9/h6-7,15-16H,4-5,8H2,1H3. The van der Waals surface area contributed by atoms with Crippen LogP contribution in [0.25, 0.3) is 0 Å². The van der Waals surface area contributed by atoms with E-state index in [-0.39, 0.29) is 0 Å². The molecule has 0 bridgehead atoms. The van der Waals surface area contributed by atoms with Crippen LogP contribution in [0, 0.1) is 23.5 Å². The van der Waals surface area contributed by atoms with Crippen molar-refractivity contribution < 1.29 is 13.9 Å². The van der Waals surface area contributed by atoms with Gasteiger partial charge in [0.15, 0.2) is 17.4 Å². The summed E-state index contributed by atoms with van der Waals surface area (Å²) in [5.74, 6) is 2.81. The molecular weight excluding hydrogens is 212 g/mol. The van der Waals surface area contributed by atoms with E-state index in [1.54, 1.807) is 6.92 Å². The Bertz CT molecular complexity index is 398. The predicted molar refractivity (Wildman–Crippen MR) is 57.8 cm³/mol. The number of nitrogens with one attached hydrogen (secondary N) is 1. The van der Waals surface area contributed by atoms with Gasteiger partial charge in [0.2, 0.25) is 0 Å². The highest BCUT2D eigenvalue weighted by Gasteiger charge is 2.08. The summed E-state index contributed by atoms with van der Waals surface area (Å²) in [6.45, 7) is 2.76. The van der Waals surface area contributed by atoms with Gasteiger partial charge in [-0.05, 0) is 24.6 Å². The zero-order valence-corrected chi connectivity index (χ0v) is 8.98. The van der Waals surface area contributed by atoms with Crippen molar-refractivity contribution in [3.05, 3.63) is 29.3 Å². The van der Waals surface area contributed by atoms with E-state index in [1.807, 2.05) is 0 Å². The van der Waals surface area contributed by atoms with Crippen molar-refractivity contribution in [2.24, 2.45) is 0 Å². The van der Waals surface area contributed by atoms with E-state index >= 15 is 0 Å². The molecule has 1 aromatic rings. The molecular formula is C12H13F2NO. The monoisotopic (exact) mass is 225 g/mol. The van der Waals surface area contributed by atoms with Gasteiger partial charge in [0.25, 0.3) is 0 Å². The van der Waals surface area contributed by atoms with Gasteiger partial charge in [-0.3, -0.25) is 0 Å². The summed E-state index contributed by atoms with van der Waals surface area (Å²) in [4.78, 5) is 0. The molecule has 0 amide bonds. The van der Waals surface area contributed by atoms with Gasteiger partial charge >= 0.3 is 0 Å². The minimum Gasteiger partial charge on any atom is -0.503 e. The van der Waals surface area contributed by atoms with Crippen molar-refractivity contribution in [2.75, 3.05) is 6.54 Å². The highest BCUT2D eigenvalue weighted by Crippen LogP contribution is 2.21. The number of halogens is 2. The Morgan fingerprint density at radius 3 is 2.50 bits per heavy atom. The molecule has 1 rings (SSSR count). The fraction of sp³-hybridized carbons (Fsp3) is 0.333. The average Bonchev–Trinajstić information content (AvgIpc) is 2.25. The summed E-state index contributed by atoms with van der Waals surface area (Å²) in [7, 11) is 0. The van der Waals surface area contributed by atoms with Crippen LogP contribution in [0.5, 0.6) is 5.75 Å². The smallest absolute Gasteiger partial charge is 0.187 e. The molecule has 0 aliphatic heterocycles. The van der Waals surface area contributed by atoms with Crippen molar-refractivity contribution in [1.82, 2.24) is 5.32 Å². The third-order valence-electron chi connectivity index (χ3n) is 2.01. The lowest BCUT2D eigenvalue weighted by Gasteiger charge is -2.04. The first-order valence-corrected chi connectivity index (χ1v) is 4.92. The van der Waals surface area contributed by atoms with Crippen LogP contribution in [0.1, 0.15) is 18.9 Å². The Hall–Kier alpha value is -1.60. The van der Waals surface area contributed by atoms with Gasteiger partial charge in [-0.2, -0.15) is 0 Å². The molecule has 4 heteroatoms. The van der Waals surface area contributed by atoms with Crippen LogP contribution in [0.4, 0.5) is 8.78 Å². The molecule has 0 spiro atoms. The summed E-state index contributed by atoms with van der Waals surface area (Å²) < 4.78 is 25.9.